The number of aryl methyl sites for hydroxylation is 1. The zero-order valence-corrected chi connectivity index (χ0v) is 12.3. The maximum atomic E-state index is 12.7. The van der Waals surface area contributed by atoms with Crippen LogP contribution in [0.15, 0.2) is 18.2 Å². The van der Waals surface area contributed by atoms with Crippen molar-refractivity contribution < 1.29 is 13.5 Å². The molecule has 106 valence electrons. The summed E-state index contributed by atoms with van der Waals surface area (Å²) in [5.74, 6) is 0.0978. The number of benzene rings is 1. The van der Waals surface area contributed by atoms with E-state index in [1.54, 1.807) is 12.1 Å². The summed E-state index contributed by atoms with van der Waals surface area (Å²) in [6.45, 7) is 4.08. The highest BCUT2D eigenvalue weighted by Crippen LogP contribution is 2.32. The molecule has 1 aromatic rings. The Balaban J connectivity index is 2.41. The van der Waals surface area contributed by atoms with Gasteiger partial charge in [0, 0.05) is 12.6 Å². The number of anilines is 1. The van der Waals surface area contributed by atoms with Crippen LogP contribution in [0.4, 0.5) is 5.69 Å². The molecular weight excluding hydrogens is 262 g/mol. The molecule has 0 bridgehead atoms. The zero-order chi connectivity index (χ0) is 14.0. The number of nitrogens with zero attached hydrogens (tertiary/aromatic N) is 1. The molecule has 1 saturated carbocycles. The number of hydrogen-bond donors (Lipinski definition) is 1. The van der Waals surface area contributed by atoms with Crippen LogP contribution in [0.2, 0.25) is 0 Å². The Morgan fingerprint density at radius 2 is 1.95 bits per heavy atom. The normalized spacial score (nSPS) is 16.7. The molecule has 1 aliphatic rings. The van der Waals surface area contributed by atoms with Crippen LogP contribution in [0.3, 0.4) is 0 Å². The summed E-state index contributed by atoms with van der Waals surface area (Å²) in [4.78, 5) is 0. The summed E-state index contributed by atoms with van der Waals surface area (Å²) in [6, 6.07) is 4.86. The van der Waals surface area contributed by atoms with Crippen LogP contribution in [0, 0.1) is 6.92 Å². The number of phenolic OH excluding ortho intramolecular Hbond substituents is 1. The van der Waals surface area contributed by atoms with Crippen molar-refractivity contribution in [3.05, 3.63) is 23.8 Å². The van der Waals surface area contributed by atoms with Gasteiger partial charge in [-0.1, -0.05) is 18.9 Å². The van der Waals surface area contributed by atoms with Gasteiger partial charge in [-0.3, -0.25) is 4.31 Å². The Labute approximate surface area is 115 Å². The smallest absolute Gasteiger partial charge is 0.238 e. The van der Waals surface area contributed by atoms with Crippen molar-refractivity contribution in [3.63, 3.8) is 0 Å². The third-order valence-electron chi connectivity index (χ3n) is 3.78. The molecule has 0 aromatic heterocycles. The SMILES string of the molecule is CCN(c1cc(O)ccc1C)S(=O)(=O)C1CCCC1. The zero-order valence-electron chi connectivity index (χ0n) is 11.5. The lowest BCUT2D eigenvalue weighted by Crippen LogP contribution is -2.38. The van der Waals surface area contributed by atoms with Gasteiger partial charge in [0.15, 0.2) is 0 Å². The van der Waals surface area contributed by atoms with Crippen molar-refractivity contribution >= 4 is 15.7 Å². The lowest BCUT2D eigenvalue weighted by atomic mass is 10.2. The highest BCUT2D eigenvalue weighted by molar-refractivity contribution is 7.93. The van der Waals surface area contributed by atoms with E-state index < -0.39 is 10.0 Å². The predicted octanol–water partition coefficient (Wildman–Crippen LogP) is 2.80. The van der Waals surface area contributed by atoms with E-state index in [2.05, 4.69) is 0 Å². The quantitative estimate of drug-likeness (QED) is 0.924. The minimum absolute atomic E-state index is 0.0978. The minimum atomic E-state index is -3.32. The molecule has 0 heterocycles. The fourth-order valence-corrected chi connectivity index (χ4v) is 4.84. The minimum Gasteiger partial charge on any atom is -0.508 e. The highest BCUT2D eigenvalue weighted by atomic mass is 32.2. The molecule has 0 atom stereocenters. The molecule has 0 unspecified atom stereocenters. The van der Waals surface area contributed by atoms with Gasteiger partial charge < -0.3 is 5.11 Å². The number of phenols is 1. The summed E-state index contributed by atoms with van der Waals surface area (Å²) in [7, 11) is -3.32. The molecule has 0 spiro atoms. The van der Waals surface area contributed by atoms with Crippen molar-refractivity contribution in [2.75, 3.05) is 10.8 Å². The van der Waals surface area contributed by atoms with Crippen LogP contribution in [-0.2, 0) is 10.0 Å². The monoisotopic (exact) mass is 283 g/mol. The van der Waals surface area contributed by atoms with Crippen LogP contribution >= 0.6 is 0 Å². The van der Waals surface area contributed by atoms with E-state index in [1.165, 1.54) is 10.4 Å². The fourth-order valence-electron chi connectivity index (χ4n) is 2.72. The van der Waals surface area contributed by atoms with Crippen LogP contribution in [-0.4, -0.2) is 25.3 Å². The summed E-state index contributed by atoms with van der Waals surface area (Å²) >= 11 is 0. The van der Waals surface area contributed by atoms with E-state index >= 15 is 0 Å². The van der Waals surface area contributed by atoms with E-state index in [4.69, 9.17) is 0 Å². The van der Waals surface area contributed by atoms with Crippen LogP contribution in [0.1, 0.15) is 38.2 Å². The topological polar surface area (TPSA) is 57.6 Å². The third kappa shape index (κ3) is 2.71. The first-order valence-corrected chi connectivity index (χ1v) is 8.28. The second-order valence-corrected chi connectivity index (χ2v) is 7.22. The van der Waals surface area contributed by atoms with Gasteiger partial charge in [0.25, 0.3) is 0 Å². The Morgan fingerprint density at radius 1 is 1.32 bits per heavy atom. The third-order valence-corrected chi connectivity index (χ3v) is 6.16. The molecule has 0 aliphatic heterocycles. The second kappa shape index (κ2) is 5.41. The first-order valence-electron chi connectivity index (χ1n) is 6.78. The molecule has 2 rings (SSSR count). The van der Waals surface area contributed by atoms with Crippen LogP contribution in [0.25, 0.3) is 0 Å². The van der Waals surface area contributed by atoms with Crippen molar-refractivity contribution in [1.29, 1.82) is 0 Å². The fraction of sp³-hybridized carbons (Fsp3) is 0.571. The van der Waals surface area contributed by atoms with E-state index in [0.717, 1.165) is 31.2 Å². The summed E-state index contributed by atoms with van der Waals surface area (Å²) in [6.07, 6.45) is 3.47. The van der Waals surface area contributed by atoms with Gasteiger partial charge in [-0.05, 0) is 38.3 Å². The predicted molar refractivity (Wildman–Crippen MR) is 77.0 cm³/mol. The van der Waals surface area contributed by atoms with Crippen molar-refractivity contribution in [1.82, 2.24) is 0 Å². The molecule has 1 aromatic carbocycles. The molecular formula is C14H21NO3S. The summed E-state index contributed by atoms with van der Waals surface area (Å²) in [5.41, 5.74) is 1.45. The molecule has 0 radical (unpaired) electrons. The van der Waals surface area contributed by atoms with Gasteiger partial charge in [0.05, 0.1) is 10.9 Å². The molecule has 1 aliphatic carbocycles. The average molecular weight is 283 g/mol. The van der Waals surface area contributed by atoms with Gasteiger partial charge in [-0.25, -0.2) is 8.42 Å². The van der Waals surface area contributed by atoms with Crippen molar-refractivity contribution in [2.24, 2.45) is 0 Å². The van der Waals surface area contributed by atoms with Crippen LogP contribution in [0.5, 0.6) is 5.75 Å². The molecule has 1 fully saturated rings. The van der Waals surface area contributed by atoms with Crippen molar-refractivity contribution in [2.45, 2.75) is 44.8 Å². The summed E-state index contributed by atoms with van der Waals surface area (Å²) in [5, 5.41) is 9.32. The van der Waals surface area contributed by atoms with Gasteiger partial charge in [0.1, 0.15) is 5.75 Å². The Bertz CT molecular complexity index is 548. The largest absolute Gasteiger partial charge is 0.508 e. The van der Waals surface area contributed by atoms with E-state index in [9.17, 15) is 13.5 Å². The molecule has 5 heteroatoms. The lowest BCUT2D eigenvalue weighted by Gasteiger charge is -2.27. The van der Waals surface area contributed by atoms with Crippen molar-refractivity contribution in [3.8, 4) is 5.75 Å². The number of rotatable bonds is 4. The van der Waals surface area contributed by atoms with E-state index in [0.29, 0.717) is 12.2 Å². The van der Waals surface area contributed by atoms with Crippen LogP contribution < -0.4 is 4.31 Å². The lowest BCUT2D eigenvalue weighted by molar-refractivity contribution is 0.475. The number of sulfonamides is 1. The highest BCUT2D eigenvalue weighted by Gasteiger charge is 2.34. The first-order chi connectivity index (χ1) is 8.96. The maximum absolute atomic E-state index is 12.7. The van der Waals surface area contributed by atoms with Gasteiger partial charge in [0.2, 0.25) is 10.0 Å². The van der Waals surface area contributed by atoms with E-state index in [-0.39, 0.29) is 11.0 Å². The first kappa shape index (κ1) is 14.2. The molecule has 4 nitrogen and oxygen atoms in total. The van der Waals surface area contributed by atoms with Gasteiger partial charge in [-0.15, -0.1) is 0 Å². The van der Waals surface area contributed by atoms with Gasteiger partial charge in [-0.2, -0.15) is 0 Å². The molecule has 0 saturated heterocycles. The second-order valence-electron chi connectivity index (χ2n) is 5.09. The number of aromatic hydroxyl groups is 1. The van der Waals surface area contributed by atoms with E-state index in [1.807, 2.05) is 13.8 Å². The standard InChI is InChI=1S/C14H21NO3S/c1-3-15(14-10-12(16)9-8-11(14)2)19(17,18)13-6-4-5-7-13/h8-10,13,16H,3-7H2,1-2H3. The Morgan fingerprint density at radius 3 is 2.53 bits per heavy atom. The van der Waals surface area contributed by atoms with Gasteiger partial charge >= 0.3 is 0 Å². The molecule has 19 heavy (non-hydrogen) atoms. The molecule has 0 amide bonds. The number of hydrogen-bond acceptors (Lipinski definition) is 3. The Kier molecular flexibility index (Phi) is 4.04. The summed E-state index contributed by atoms with van der Waals surface area (Å²) < 4.78 is 26.8. The average Bonchev–Trinajstić information content (AvgIpc) is 2.88. The molecule has 1 N–H and O–H groups in total. The maximum Gasteiger partial charge on any atom is 0.238 e. The Hall–Kier alpha value is -1.23.